The Kier molecular flexibility index (Phi) is 5.05. The average Bonchev–Trinajstić information content (AvgIpc) is 2.11. The first-order valence-electron chi connectivity index (χ1n) is 3.65. The molecule has 0 aromatic rings. The topological polar surface area (TPSA) is 53.3 Å². The smallest absolute Gasteiger partial charge is 0.348 e. The Balaban J connectivity index is 4.43. The Labute approximate surface area is 77.7 Å². The second-order valence-electron chi connectivity index (χ2n) is 2.49. The molecule has 0 radical (unpaired) electrons. The van der Waals surface area contributed by atoms with Crippen molar-refractivity contribution >= 4 is 5.97 Å². The number of nitriles is 1. The van der Waals surface area contributed by atoms with Crippen molar-refractivity contribution in [2.75, 3.05) is 21.2 Å². The summed E-state index contributed by atoms with van der Waals surface area (Å²) in [6.45, 7) is 0. The quantitative estimate of drug-likeness (QED) is 0.277. The molecule has 0 aromatic carbocycles. The molecular weight excluding hydrogens is 168 g/mol. The molecule has 0 saturated heterocycles. The molecule has 13 heavy (non-hydrogen) atoms. The van der Waals surface area contributed by atoms with E-state index in [1.807, 2.05) is 14.1 Å². The molecule has 0 fully saturated rings. The predicted octanol–water partition coefficient (Wildman–Crippen LogP) is 0.685. The minimum absolute atomic E-state index is 0.0133. The summed E-state index contributed by atoms with van der Waals surface area (Å²) in [6, 6.07) is 1.74. The molecule has 4 nitrogen and oxygen atoms in total. The Bertz CT molecular complexity index is 272. The van der Waals surface area contributed by atoms with Gasteiger partial charge in [-0.1, -0.05) is 0 Å². The maximum absolute atomic E-state index is 10.9. The van der Waals surface area contributed by atoms with Crippen LogP contribution < -0.4 is 0 Å². The number of hydrogen-bond donors (Lipinski definition) is 0. The van der Waals surface area contributed by atoms with Gasteiger partial charge in [-0.15, -0.1) is 0 Å². The van der Waals surface area contributed by atoms with Crippen molar-refractivity contribution in [3.63, 3.8) is 0 Å². The third kappa shape index (κ3) is 4.64. The molecule has 0 aliphatic carbocycles. The van der Waals surface area contributed by atoms with Crippen LogP contribution in [0.25, 0.3) is 0 Å². The van der Waals surface area contributed by atoms with E-state index in [1.54, 1.807) is 23.2 Å². The number of methoxy groups -OCH3 is 1. The largest absolute Gasteiger partial charge is 0.465 e. The van der Waals surface area contributed by atoms with Crippen LogP contribution in [0.5, 0.6) is 0 Å². The lowest BCUT2D eigenvalue weighted by Crippen LogP contribution is -2.03. The van der Waals surface area contributed by atoms with Gasteiger partial charge in [0.15, 0.2) is 0 Å². The summed E-state index contributed by atoms with van der Waals surface area (Å²) in [7, 11) is 4.92. The summed E-state index contributed by atoms with van der Waals surface area (Å²) in [4.78, 5) is 12.7. The first kappa shape index (κ1) is 11.2. The number of carbonyl (C=O) groups is 1. The lowest BCUT2D eigenvalue weighted by molar-refractivity contribution is -0.135. The van der Waals surface area contributed by atoms with Gasteiger partial charge in [0.25, 0.3) is 0 Å². The van der Waals surface area contributed by atoms with Crippen LogP contribution in [0, 0.1) is 11.3 Å². The van der Waals surface area contributed by atoms with E-state index >= 15 is 0 Å². The van der Waals surface area contributed by atoms with Crippen LogP contribution >= 0.6 is 0 Å². The minimum atomic E-state index is -0.620. The van der Waals surface area contributed by atoms with Crippen molar-refractivity contribution in [1.82, 2.24) is 4.90 Å². The van der Waals surface area contributed by atoms with Crippen molar-refractivity contribution in [3.05, 3.63) is 23.9 Å². The first-order chi connectivity index (χ1) is 6.11. The molecule has 0 N–H and O–H groups in total. The molecule has 4 heteroatoms. The summed E-state index contributed by atoms with van der Waals surface area (Å²) in [5.74, 6) is -0.620. The third-order valence-corrected chi connectivity index (χ3v) is 1.17. The summed E-state index contributed by atoms with van der Waals surface area (Å²) in [6.07, 6.45) is 4.74. The maximum Gasteiger partial charge on any atom is 0.348 e. The molecule has 0 spiro atoms. The van der Waals surface area contributed by atoms with Gasteiger partial charge in [0.05, 0.1) is 7.11 Å². The third-order valence-electron chi connectivity index (χ3n) is 1.17. The van der Waals surface area contributed by atoms with E-state index in [-0.39, 0.29) is 5.57 Å². The number of esters is 1. The average molecular weight is 180 g/mol. The zero-order chi connectivity index (χ0) is 10.3. The zero-order valence-electron chi connectivity index (χ0n) is 7.94. The molecule has 0 amide bonds. The minimum Gasteiger partial charge on any atom is -0.465 e. The standard InChI is InChI=1S/C9H12N2O2/c1-11(2)6-4-5-8(7-10)9(12)13-3/h4-6H,1-3H3. The van der Waals surface area contributed by atoms with Crippen LogP contribution in [0.2, 0.25) is 0 Å². The molecule has 0 bridgehead atoms. The van der Waals surface area contributed by atoms with E-state index in [2.05, 4.69) is 4.74 Å². The SMILES string of the molecule is COC(=O)C(C#N)=CC=CN(C)C. The van der Waals surface area contributed by atoms with Gasteiger partial charge in [-0.3, -0.25) is 0 Å². The molecule has 0 rings (SSSR count). The van der Waals surface area contributed by atoms with Crippen LogP contribution in [0.1, 0.15) is 0 Å². The Morgan fingerprint density at radius 3 is 2.54 bits per heavy atom. The number of hydrogen-bond acceptors (Lipinski definition) is 4. The van der Waals surface area contributed by atoms with Gasteiger partial charge in [0.2, 0.25) is 0 Å². The number of ether oxygens (including phenoxy) is 1. The van der Waals surface area contributed by atoms with Gasteiger partial charge in [-0.05, 0) is 18.4 Å². The fourth-order valence-electron chi connectivity index (χ4n) is 0.572. The lowest BCUT2D eigenvalue weighted by atomic mass is 10.3. The van der Waals surface area contributed by atoms with E-state index in [4.69, 9.17) is 5.26 Å². The second-order valence-corrected chi connectivity index (χ2v) is 2.49. The van der Waals surface area contributed by atoms with Crippen LogP contribution in [-0.2, 0) is 9.53 Å². The Morgan fingerprint density at radius 1 is 1.54 bits per heavy atom. The maximum atomic E-state index is 10.9. The predicted molar refractivity (Wildman–Crippen MR) is 48.5 cm³/mol. The second kappa shape index (κ2) is 5.84. The highest BCUT2D eigenvalue weighted by atomic mass is 16.5. The summed E-state index contributed by atoms with van der Waals surface area (Å²) in [5.41, 5.74) is -0.0133. The van der Waals surface area contributed by atoms with Gasteiger partial charge in [-0.2, -0.15) is 5.26 Å². The highest BCUT2D eigenvalue weighted by molar-refractivity contribution is 5.92. The zero-order valence-corrected chi connectivity index (χ0v) is 7.94. The lowest BCUT2D eigenvalue weighted by Gasteiger charge is -2.01. The molecule has 0 saturated carbocycles. The van der Waals surface area contributed by atoms with Gasteiger partial charge in [0, 0.05) is 14.1 Å². The number of nitrogens with zero attached hydrogens (tertiary/aromatic N) is 2. The first-order valence-corrected chi connectivity index (χ1v) is 3.65. The van der Waals surface area contributed by atoms with E-state index in [9.17, 15) is 4.79 Å². The van der Waals surface area contributed by atoms with Crippen molar-refractivity contribution in [3.8, 4) is 6.07 Å². The Morgan fingerprint density at radius 2 is 2.15 bits per heavy atom. The molecule has 0 unspecified atom stereocenters. The van der Waals surface area contributed by atoms with Crippen molar-refractivity contribution in [2.45, 2.75) is 0 Å². The Hall–Kier alpha value is -1.76. The van der Waals surface area contributed by atoms with E-state index in [0.29, 0.717) is 0 Å². The molecule has 0 aromatic heterocycles. The number of rotatable bonds is 3. The van der Waals surface area contributed by atoms with Gasteiger partial charge < -0.3 is 9.64 Å². The van der Waals surface area contributed by atoms with Crippen LogP contribution in [-0.4, -0.2) is 32.1 Å². The number of carbonyl (C=O) groups excluding carboxylic acids is 1. The summed E-state index contributed by atoms with van der Waals surface area (Å²) >= 11 is 0. The van der Waals surface area contributed by atoms with Crippen LogP contribution in [0.4, 0.5) is 0 Å². The van der Waals surface area contributed by atoms with Gasteiger partial charge >= 0.3 is 5.97 Å². The van der Waals surface area contributed by atoms with E-state index in [1.165, 1.54) is 13.2 Å². The van der Waals surface area contributed by atoms with Crippen molar-refractivity contribution in [1.29, 1.82) is 5.26 Å². The van der Waals surface area contributed by atoms with Crippen molar-refractivity contribution in [2.24, 2.45) is 0 Å². The van der Waals surface area contributed by atoms with E-state index < -0.39 is 5.97 Å². The molecule has 0 aliphatic rings. The van der Waals surface area contributed by atoms with Gasteiger partial charge in [-0.25, -0.2) is 4.79 Å². The highest BCUT2D eigenvalue weighted by Crippen LogP contribution is 1.95. The fourth-order valence-corrected chi connectivity index (χ4v) is 0.572. The number of allylic oxidation sites excluding steroid dienone is 2. The monoisotopic (exact) mass is 180 g/mol. The molecule has 0 aliphatic heterocycles. The molecule has 0 heterocycles. The fraction of sp³-hybridized carbons (Fsp3) is 0.333. The summed E-state index contributed by atoms with van der Waals surface area (Å²) in [5, 5.41) is 8.53. The van der Waals surface area contributed by atoms with E-state index in [0.717, 1.165) is 0 Å². The normalized spacial score (nSPS) is 11.1. The van der Waals surface area contributed by atoms with Crippen LogP contribution in [0.3, 0.4) is 0 Å². The summed E-state index contributed by atoms with van der Waals surface area (Å²) < 4.78 is 4.38. The van der Waals surface area contributed by atoms with Crippen molar-refractivity contribution < 1.29 is 9.53 Å². The van der Waals surface area contributed by atoms with Gasteiger partial charge in [0.1, 0.15) is 11.6 Å². The molecular formula is C9H12N2O2. The molecule has 0 atom stereocenters. The molecule has 70 valence electrons. The highest BCUT2D eigenvalue weighted by Gasteiger charge is 2.05. The van der Waals surface area contributed by atoms with Crippen LogP contribution in [0.15, 0.2) is 23.9 Å².